The molecule has 0 heterocycles. The molecule has 0 aliphatic heterocycles. The molecule has 92 valence electrons. The maximum absolute atomic E-state index is 12.2. The van der Waals surface area contributed by atoms with Gasteiger partial charge in [-0.1, -0.05) is 0 Å². The van der Waals surface area contributed by atoms with Crippen LogP contribution < -0.4 is 11.5 Å². The van der Waals surface area contributed by atoms with Gasteiger partial charge in [0.1, 0.15) is 0 Å². The molecular weight excluding hydrogens is 237 g/mol. The van der Waals surface area contributed by atoms with Crippen molar-refractivity contribution in [3.63, 3.8) is 0 Å². The zero-order valence-electron chi connectivity index (χ0n) is 8.54. The van der Waals surface area contributed by atoms with E-state index < -0.39 is 24.4 Å². The molecule has 4 nitrogen and oxygen atoms in total. The van der Waals surface area contributed by atoms with Crippen LogP contribution in [-0.2, 0) is 6.42 Å². The van der Waals surface area contributed by atoms with Crippen LogP contribution in [0.2, 0.25) is 0 Å². The third-order valence-corrected chi connectivity index (χ3v) is 2.05. The number of halogens is 3. The Morgan fingerprint density at radius 1 is 1.12 bits per heavy atom. The highest BCUT2D eigenvalue weighted by Gasteiger charge is 2.30. The van der Waals surface area contributed by atoms with Crippen LogP contribution in [-0.4, -0.2) is 18.0 Å². The van der Waals surface area contributed by atoms with E-state index in [9.17, 15) is 22.8 Å². The molecule has 7 heteroatoms. The second kappa shape index (κ2) is 4.44. The topological polar surface area (TPSA) is 86.2 Å². The summed E-state index contributed by atoms with van der Waals surface area (Å²) in [5.41, 5.74) is 9.14. The second-order valence-electron chi connectivity index (χ2n) is 3.39. The molecule has 0 radical (unpaired) electrons. The van der Waals surface area contributed by atoms with Gasteiger partial charge in [0, 0.05) is 11.1 Å². The zero-order chi connectivity index (χ0) is 13.2. The summed E-state index contributed by atoms with van der Waals surface area (Å²) in [6.07, 6.45) is -5.84. The predicted molar refractivity (Wildman–Crippen MR) is 53.2 cm³/mol. The van der Waals surface area contributed by atoms with Crippen LogP contribution >= 0.6 is 0 Å². The fourth-order valence-electron chi connectivity index (χ4n) is 1.35. The Balaban J connectivity index is 3.25. The smallest absolute Gasteiger partial charge is 0.366 e. The number of primary amides is 2. The minimum atomic E-state index is -4.50. The highest BCUT2D eigenvalue weighted by Crippen LogP contribution is 2.24. The van der Waals surface area contributed by atoms with Crippen LogP contribution in [0, 0.1) is 0 Å². The van der Waals surface area contributed by atoms with E-state index in [4.69, 9.17) is 11.5 Å². The minimum absolute atomic E-state index is 0.103. The van der Waals surface area contributed by atoms with Crippen molar-refractivity contribution in [2.45, 2.75) is 12.6 Å². The molecule has 0 bridgehead atoms. The third-order valence-electron chi connectivity index (χ3n) is 2.05. The Labute approximate surface area is 94.4 Å². The first-order chi connectivity index (χ1) is 7.70. The molecule has 0 aromatic heterocycles. The number of hydrogen-bond acceptors (Lipinski definition) is 2. The number of hydrogen-bond donors (Lipinski definition) is 2. The molecule has 1 rings (SSSR count). The van der Waals surface area contributed by atoms with Gasteiger partial charge in [0.2, 0.25) is 11.8 Å². The number of carbonyl (C=O) groups is 2. The van der Waals surface area contributed by atoms with E-state index in [0.717, 1.165) is 18.2 Å². The van der Waals surface area contributed by atoms with Crippen LogP contribution in [0.25, 0.3) is 0 Å². The Hall–Kier alpha value is -2.05. The van der Waals surface area contributed by atoms with Gasteiger partial charge in [-0.05, 0) is 23.8 Å². The van der Waals surface area contributed by atoms with Crippen molar-refractivity contribution in [1.29, 1.82) is 0 Å². The lowest BCUT2D eigenvalue weighted by molar-refractivity contribution is -0.127. The molecule has 4 N–H and O–H groups in total. The van der Waals surface area contributed by atoms with Crippen molar-refractivity contribution in [2.75, 3.05) is 0 Å². The Morgan fingerprint density at radius 2 is 1.71 bits per heavy atom. The second-order valence-corrected chi connectivity index (χ2v) is 3.39. The van der Waals surface area contributed by atoms with Crippen LogP contribution in [0.3, 0.4) is 0 Å². The number of benzene rings is 1. The number of carbonyl (C=O) groups excluding carboxylic acids is 2. The van der Waals surface area contributed by atoms with Crippen LogP contribution in [0.5, 0.6) is 0 Å². The number of nitrogens with two attached hydrogens (primary N) is 2. The predicted octanol–water partition coefficient (Wildman–Crippen LogP) is 0.989. The maximum Gasteiger partial charge on any atom is 0.393 e. The summed E-state index contributed by atoms with van der Waals surface area (Å²) < 4.78 is 36.7. The Kier molecular flexibility index (Phi) is 3.40. The molecule has 0 saturated heterocycles. The molecule has 0 spiro atoms. The third kappa shape index (κ3) is 3.47. The molecule has 2 amide bonds. The molecule has 0 aliphatic carbocycles. The first-order valence-corrected chi connectivity index (χ1v) is 4.50. The van der Waals surface area contributed by atoms with Gasteiger partial charge < -0.3 is 11.5 Å². The molecule has 1 aromatic rings. The van der Waals surface area contributed by atoms with Crippen molar-refractivity contribution in [3.8, 4) is 0 Å². The number of rotatable bonds is 3. The van der Waals surface area contributed by atoms with Gasteiger partial charge in [-0.25, -0.2) is 0 Å². The molecule has 0 saturated carbocycles. The molecule has 17 heavy (non-hydrogen) atoms. The number of amides is 2. The van der Waals surface area contributed by atoms with Gasteiger partial charge in [0.05, 0.1) is 6.42 Å². The van der Waals surface area contributed by atoms with E-state index in [-0.39, 0.29) is 16.7 Å². The van der Waals surface area contributed by atoms with Crippen LogP contribution in [0.15, 0.2) is 18.2 Å². The van der Waals surface area contributed by atoms with E-state index in [1.807, 2.05) is 0 Å². The molecule has 0 aliphatic rings. The zero-order valence-corrected chi connectivity index (χ0v) is 8.54. The summed E-state index contributed by atoms with van der Waals surface area (Å²) in [5, 5.41) is 0. The summed E-state index contributed by atoms with van der Waals surface area (Å²) in [6, 6.07) is 3.14. The highest BCUT2D eigenvalue weighted by atomic mass is 19.4. The minimum Gasteiger partial charge on any atom is -0.366 e. The van der Waals surface area contributed by atoms with Gasteiger partial charge in [0.25, 0.3) is 0 Å². The van der Waals surface area contributed by atoms with Gasteiger partial charge in [-0.3, -0.25) is 9.59 Å². The van der Waals surface area contributed by atoms with Crippen molar-refractivity contribution < 1.29 is 22.8 Å². The average Bonchev–Trinajstić information content (AvgIpc) is 2.14. The fourth-order valence-corrected chi connectivity index (χ4v) is 1.35. The first-order valence-electron chi connectivity index (χ1n) is 4.50. The Morgan fingerprint density at radius 3 is 2.12 bits per heavy atom. The monoisotopic (exact) mass is 246 g/mol. The first kappa shape index (κ1) is 13.0. The van der Waals surface area contributed by atoms with E-state index in [2.05, 4.69) is 0 Å². The highest BCUT2D eigenvalue weighted by molar-refractivity contribution is 5.97. The van der Waals surface area contributed by atoms with Crippen molar-refractivity contribution in [2.24, 2.45) is 11.5 Å². The van der Waals surface area contributed by atoms with Crippen molar-refractivity contribution in [3.05, 3.63) is 34.9 Å². The Bertz CT molecular complexity index is 469. The van der Waals surface area contributed by atoms with Gasteiger partial charge >= 0.3 is 6.18 Å². The van der Waals surface area contributed by atoms with Crippen molar-refractivity contribution in [1.82, 2.24) is 0 Å². The number of alkyl halides is 3. The summed E-state index contributed by atoms with van der Waals surface area (Å²) in [7, 11) is 0. The van der Waals surface area contributed by atoms with Gasteiger partial charge in [-0.15, -0.1) is 0 Å². The van der Waals surface area contributed by atoms with E-state index in [1.54, 1.807) is 0 Å². The molecule has 1 aromatic carbocycles. The largest absolute Gasteiger partial charge is 0.393 e. The normalized spacial score (nSPS) is 11.2. The summed E-state index contributed by atoms with van der Waals surface area (Å²) >= 11 is 0. The van der Waals surface area contributed by atoms with Crippen LogP contribution in [0.4, 0.5) is 13.2 Å². The van der Waals surface area contributed by atoms with E-state index >= 15 is 0 Å². The average molecular weight is 246 g/mol. The molecular formula is C10H9F3N2O2. The molecule has 0 fully saturated rings. The summed E-state index contributed by atoms with van der Waals surface area (Å²) in [4.78, 5) is 21.8. The van der Waals surface area contributed by atoms with E-state index in [0.29, 0.717) is 0 Å². The van der Waals surface area contributed by atoms with Gasteiger partial charge in [0.15, 0.2) is 0 Å². The lowest BCUT2D eigenvalue weighted by atomic mass is 10.0. The van der Waals surface area contributed by atoms with Crippen LogP contribution in [0.1, 0.15) is 26.3 Å². The standard InChI is InChI=1S/C10H9F3N2O2/c11-10(12,13)4-6-3-5(8(14)16)1-2-7(6)9(15)17/h1-3H,4H2,(H2,14,16)(H2,15,17). The fraction of sp³-hybridized carbons (Fsp3) is 0.200. The summed E-state index contributed by atoms with van der Waals surface area (Å²) in [6.45, 7) is 0. The van der Waals surface area contributed by atoms with Gasteiger partial charge in [-0.2, -0.15) is 13.2 Å². The van der Waals surface area contributed by atoms with Crippen molar-refractivity contribution >= 4 is 11.8 Å². The lowest BCUT2D eigenvalue weighted by Gasteiger charge is -2.10. The SMILES string of the molecule is NC(=O)c1ccc(C(N)=O)c(CC(F)(F)F)c1. The lowest BCUT2D eigenvalue weighted by Crippen LogP contribution is -2.20. The quantitative estimate of drug-likeness (QED) is 0.833. The van der Waals surface area contributed by atoms with E-state index in [1.165, 1.54) is 0 Å². The summed E-state index contributed by atoms with van der Waals surface area (Å²) in [5.74, 6) is -1.86. The molecule has 0 atom stereocenters. The molecule has 0 unspecified atom stereocenters. The maximum atomic E-state index is 12.2.